The zero-order valence-corrected chi connectivity index (χ0v) is 15.1. The van der Waals surface area contributed by atoms with Crippen LogP contribution in [-0.2, 0) is 6.18 Å². The molecule has 1 amide bonds. The Morgan fingerprint density at radius 1 is 1.07 bits per heavy atom. The van der Waals surface area contributed by atoms with Gasteiger partial charge in [-0.25, -0.2) is 9.48 Å². The SMILES string of the molecule is COc1ccc(OC(=O)Nc2cnn(-c3ccc(Cl)cc3)c2C(F)(F)F)cc1. The molecule has 3 rings (SSSR count). The van der Waals surface area contributed by atoms with Crippen LogP contribution in [-0.4, -0.2) is 23.0 Å². The normalized spacial score (nSPS) is 11.2. The number of halogens is 4. The molecule has 0 aliphatic heterocycles. The Hall–Kier alpha value is -3.20. The molecule has 28 heavy (non-hydrogen) atoms. The largest absolute Gasteiger partial charge is 0.497 e. The van der Waals surface area contributed by atoms with Crippen molar-refractivity contribution in [2.24, 2.45) is 0 Å². The van der Waals surface area contributed by atoms with Crippen molar-refractivity contribution < 1.29 is 27.4 Å². The van der Waals surface area contributed by atoms with Gasteiger partial charge in [0, 0.05) is 5.02 Å². The van der Waals surface area contributed by atoms with Gasteiger partial charge in [0.15, 0.2) is 5.69 Å². The van der Waals surface area contributed by atoms with Crippen molar-refractivity contribution in [3.05, 3.63) is 65.4 Å². The Morgan fingerprint density at radius 3 is 2.25 bits per heavy atom. The molecule has 10 heteroatoms. The van der Waals surface area contributed by atoms with Crippen molar-refractivity contribution >= 4 is 23.4 Å². The lowest BCUT2D eigenvalue weighted by atomic mass is 10.3. The van der Waals surface area contributed by atoms with Crippen molar-refractivity contribution in [3.8, 4) is 17.2 Å². The maximum atomic E-state index is 13.6. The van der Waals surface area contributed by atoms with Crippen molar-refractivity contribution in [2.45, 2.75) is 6.18 Å². The molecule has 0 fully saturated rings. The molecule has 0 unspecified atom stereocenters. The first-order valence-electron chi connectivity index (χ1n) is 7.82. The number of benzene rings is 2. The highest BCUT2D eigenvalue weighted by atomic mass is 35.5. The molecule has 0 saturated carbocycles. The molecule has 0 aliphatic carbocycles. The van der Waals surface area contributed by atoms with Crippen molar-refractivity contribution in [3.63, 3.8) is 0 Å². The Bertz CT molecular complexity index is 970. The Kier molecular flexibility index (Phi) is 5.46. The van der Waals surface area contributed by atoms with Crippen LogP contribution >= 0.6 is 11.6 Å². The van der Waals surface area contributed by atoms with E-state index in [9.17, 15) is 18.0 Å². The molecule has 6 nitrogen and oxygen atoms in total. The zero-order valence-electron chi connectivity index (χ0n) is 14.3. The minimum absolute atomic E-state index is 0.133. The quantitative estimate of drug-likeness (QED) is 0.643. The molecule has 0 atom stereocenters. The van der Waals surface area contributed by atoms with Gasteiger partial charge in [-0.3, -0.25) is 5.32 Å². The van der Waals surface area contributed by atoms with Crippen LogP contribution in [0.4, 0.5) is 23.7 Å². The highest BCUT2D eigenvalue weighted by Gasteiger charge is 2.39. The van der Waals surface area contributed by atoms with E-state index in [0.29, 0.717) is 15.5 Å². The monoisotopic (exact) mass is 411 g/mol. The van der Waals surface area contributed by atoms with E-state index >= 15 is 0 Å². The Balaban J connectivity index is 1.85. The Labute approximate surface area is 162 Å². The van der Waals surface area contributed by atoms with Gasteiger partial charge in [-0.1, -0.05) is 11.6 Å². The maximum Gasteiger partial charge on any atom is 0.435 e. The summed E-state index contributed by atoms with van der Waals surface area (Å²) in [5.41, 5.74) is -1.56. The summed E-state index contributed by atoms with van der Waals surface area (Å²) in [4.78, 5) is 12.0. The first kappa shape index (κ1) is 19.6. The molecule has 0 saturated heterocycles. The third-order valence-corrected chi connectivity index (χ3v) is 3.87. The van der Waals surface area contributed by atoms with Crippen LogP contribution in [0.3, 0.4) is 0 Å². The molecule has 1 aromatic heterocycles. The van der Waals surface area contributed by atoms with E-state index in [1.807, 2.05) is 0 Å². The van der Waals surface area contributed by atoms with E-state index in [-0.39, 0.29) is 11.4 Å². The number of carbonyl (C=O) groups excluding carboxylic acids is 1. The number of methoxy groups -OCH3 is 1. The van der Waals surface area contributed by atoms with Gasteiger partial charge in [-0.15, -0.1) is 0 Å². The minimum Gasteiger partial charge on any atom is -0.497 e. The summed E-state index contributed by atoms with van der Waals surface area (Å²) >= 11 is 5.77. The molecule has 146 valence electrons. The standard InChI is InChI=1S/C18H13ClF3N3O3/c1-27-13-6-8-14(9-7-13)28-17(26)24-15-10-23-25(16(15)18(20,21)22)12-4-2-11(19)3-5-12/h2-10H,1H3,(H,24,26). The number of hydrogen-bond donors (Lipinski definition) is 1. The highest BCUT2D eigenvalue weighted by molar-refractivity contribution is 6.30. The molecule has 0 spiro atoms. The van der Waals surface area contributed by atoms with Crippen LogP contribution in [0.2, 0.25) is 5.02 Å². The number of carbonyl (C=O) groups is 1. The zero-order chi connectivity index (χ0) is 20.3. The number of amides is 1. The van der Waals surface area contributed by atoms with Gasteiger partial charge in [0.2, 0.25) is 0 Å². The lowest BCUT2D eigenvalue weighted by Gasteiger charge is -2.13. The molecule has 3 aromatic rings. The third kappa shape index (κ3) is 4.37. The number of rotatable bonds is 4. The van der Waals surface area contributed by atoms with Gasteiger partial charge in [0.05, 0.1) is 24.7 Å². The van der Waals surface area contributed by atoms with Gasteiger partial charge in [-0.2, -0.15) is 18.3 Å². The summed E-state index contributed by atoms with van der Waals surface area (Å²) in [7, 11) is 1.47. The van der Waals surface area contributed by atoms with Crippen molar-refractivity contribution in [1.82, 2.24) is 9.78 Å². The van der Waals surface area contributed by atoms with Crippen LogP contribution in [0.5, 0.6) is 11.5 Å². The molecule has 1 N–H and O–H groups in total. The van der Waals surface area contributed by atoms with Crippen LogP contribution in [0, 0.1) is 0 Å². The maximum absolute atomic E-state index is 13.6. The van der Waals surface area contributed by atoms with E-state index in [1.54, 1.807) is 12.1 Å². The molecule has 2 aromatic carbocycles. The third-order valence-electron chi connectivity index (χ3n) is 3.62. The Morgan fingerprint density at radius 2 is 1.68 bits per heavy atom. The van der Waals surface area contributed by atoms with Gasteiger partial charge in [-0.05, 0) is 48.5 Å². The van der Waals surface area contributed by atoms with Crippen LogP contribution in [0.15, 0.2) is 54.7 Å². The smallest absolute Gasteiger partial charge is 0.435 e. The average molecular weight is 412 g/mol. The number of nitrogens with one attached hydrogen (secondary N) is 1. The second-order valence-corrected chi connectivity index (χ2v) is 5.92. The minimum atomic E-state index is -4.78. The molecule has 1 heterocycles. The summed E-state index contributed by atoms with van der Waals surface area (Å²) in [6.45, 7) is 0. The summed E-state index contributed by atoms with van der Waals surface area (Å²) in [6, 6.07) is 11.6. The predicted octanol–water partition coefficient (Wildman–Crippen LogP) is 5.16. The predicted molar refractivity (Wildman–Crippen MR) is 96.2 cm³/mol. The molecular formula is C18H13ClF3N3O3. The first-order valence-corrected chi connectivity index (χ1v) is 8.20. The van der Waals surface area contributed by atoms with E-state index in [1.165, 1.54) is 43.5 Å². The molecular weight excluding hydrogens is 399 g/mol. The van der Waals surface area contributed by atoms with Gasteiger partial charge < -0.3 is 9.47 Å². The van der Waals surface area contributed by atoms with E-state index in [2.05, 4.69) is 10.4 Å². The summed E-state index contributed by atoms with van der Waals surface area (Å²) in [5.74, 6) is 0.674. The number of anilines is 1. The first-order chi connectivity index (χ1) is 13.3. The molecule has 0 radical (unpaired) electrons. The van der Waals surface area contributed by atoms with Gasteiger partial charge in [0.1, 0.15) is 11.5 Å². The second-order valence-electron chi connectivity index (χ2n) is 5.48. The lowest BCUT2D eigenvalue weighted by Crippen LogP contribution is -2.21. The number of ether oxygens (including phenoxy) is 2. The summed E-state index contributed by atoms with van der Waals surface area (Å²) < 4.78 is 51.4. The fraction of sp³-hybridized carbons (Fsp3) is 0.111. The highest BCUT2D eigenvalue weighted by Crippen LogP contribution is 2.36. The van der Waals surface area contributed by atoms with Gasteiger partial charge in [0.25, 0.3) is 0 Å². The van der Waals surface area contributed by atoms with Crippen LogP contribution in [0.1, 0.15) is 5.69 Å². The number of alkyl halides is 3. The average Bonchev–Trinajstić information content (AvgIpc) is 3.06. The van der Waals surface area contributed by atoms with Gasteiger partial charge >= 0.3 is 12.3 Å². The van der Waals surface area contributed by atoms with Crippen LogP contribution in [0.25, 0.3) is 5.69 Å². The lowest BCUT2D eigenvalue weighted by molar-refractivity contribution is -0.142. The van der Waals surface area contributed by atoms with E-state index < -0.39 is 23.7 Å². The van der Waals surface area contributed by atoms with Crippen LogP contribution < -0.4 is 14.8 Å². The van der Waals surface area contributed by atoms with E-state index in [4.69, 9.17) is 21.1 Å². The topological polar surface area (TPSA) is 65.4 Å². The number of nitrogens with zero attached hydrogens (tertiary/aromatic N) is 2. The van der Waals surface area contributed by atoms with Crippen molar-refractivity contribution in [1.29, 1.82) is 0 Å². The van der Waals surface area contributed by atoms with Crippen molar-refractivity contribution in [2.75, 3.05) is 12.4 Å². The summed E-state index contributed by atoms with van der Waals surface area (Å²) in [5, 5.41) is 6.17. The molecule has 0 aliphatic rings. The molecule has 0 bridgehead atoms. The number of hydrogen-bond acceptors (Lipinski definition) is 4. The number of aromatic nitrogens is 2. The second kappa shape index (κ2) is 7.81. The summed E-state index contributed by atoms with van der Waals surface area (Å²) in [6.07, 6.45) is -4.97. The van der Waals surface area contributed by atoms with E-state index in [0.717, 1.165) is 6.20 Å². The fourth-order valence-electron chi connectivity index (χ4n) is 2.38. The fourth-order valence-corrected chi connectivity index (χ4v) is 2.50.